The molecule has 0 spiro atoms. The smallest absolute Gasteiger partial charge is 0.266 e. The lowest BCUT2D eigenvalue weighted by molar-refractivity contribution is 0.0167. The van der Waals surface area contributed by atoms with Gasteiger partial charge in [0.25, 0.3) is 6.43 Å². The Balaban J connectivity index is 2.89. The summed E-state index contributed by atoms with van der Waals surface area (Å²) in [4.78, 5) is 0. The number of rotatable bonds is 5. The second-order valence-electron chi connectivity index (χ2n) is 3.57. The molecule has 0 aliphatic rings. The Bertz CT molecular complexity index is 374. The van der Waals surface area contributed by atoms with Gasteiger partial charge in [-0.25, -0.2) is 13.2 Å². The summed E-state index contributed by atoms with van der Waals surface area (Å²) < 4.78 is 37.8. The number of hydrogen-bond acceptors (Lipinski definition) is 2. The van der Waals surface area contributed by atoms with Crippen molar-refractivity contribution in [2.75, 3.05) is 5.88 Å². The first kappa shape index (κ1) is 14.3. The van der Waals surface area contributed by atoms with Gasteiger partial charge in [-0.1, -0.05) is 12.1 Å². The molecular formula is C11H12ClF3O2. The van der Waals surface area contributed by atoms with Crippen LogP contribution in [0.4, 0.5) is 13.2 Å². The van der Waals surface area contributed by atoms with Gasteiger partial charge in [-0.15, -0.1) is 11.6 Å². The molecule has 1 aromatic rings. The highest BCUT2D eigenvalue weighted by atomic mass is 35.5. The van der Waals surface area contributed by atoms with Crippen molar-refractivity contribution >= 4 is 11.6 Å². The van der Waals surface area contributed by atoms with Crippen molar-refractivity contribution in [3.8, 4) is 0 Å². The minimum absolute atomic E-state index is 0.0458. The van der Waals surface area contributed by atoms with Crippen LogP contribution in [0.25, 0.3) is 0 Å². The highest BCUT2D eigenvalue weighted by Gasteiger charge is 2.20. The normalized spacial score (nSPS) is 15.0. The monoisotopic (exact) mass is 268 g/mol. The van der Waals surface area contributed by atoms with Gasteiger partial charge in [0.05, 0.1) is 11.7 Å². The molecule has 0 saturated heterocycles. The molecule has 2 atom stereocenters. The van der Waals surface area contributed by atoms with Crippen LogP contribution in [0.2, 0.25) is 0 Å². The van der Waals surface area contributed by atoms with Crippen molar-refractivity contribution in [1.82, 2.24) is 0 Å². The van der Waals surface area contributed by atoms with E-state index in [4.69, 9.17) is 11.6 Å². The summed E-state index contributed by atoms with van der Waals surface area (Å²) in [6, 6.07) is 2.85. The summed E-state index contributed by atoms with van der Waals surface area (Å²) in [5.74, 6) is -0.967. The quantitative estimate of drug-likeness (QED) is 0.806. The summed E-state index contributed by atoms with van der Waals surface area (Å²) in [7, 11) is 0. The van der Waals surface area contributed by atoms with Gasteiger partial charge in [0.1, 0.15) is 11.9 Å². The van der Waals surface area contributed by atoms with Crippen LogP contribution in [0.15, 0.2) is 18.2 Å². The lowest BCUT2D eigenvalue weighted by atomic mass is 10.0. The van der Waals surface area contributed by atoms with Crippen LogP contribution in [-0.2, 0) is 0 Å². The molecule has 0 aromatic heterocycles. The molecule has 1 aromatic carbocycles. The molecule has 0 saturated carbocycles. The average molecular weight is 269 g/mol. The summed E-state index contributed by atoms with van der Waals surface area (Å²) in [5.41, 5.74) is -0.683. The van der Waals surface area contributed by atoms with Crippen molar-refractivity contribution in [3.63, 3.8) is 0 Å². The van der Waals surface area contributed by atoms with Gasteiger partial charge in [-0.2, -0.15) is 0 Å². The van der Waals surface area contributed by atoms with E-state index in [1.807, 2.05) is 0 Å². The van der Waals surface area contributed by atoms with Gasteiger partial charge >= 0.3 is 0 Å². The third-order valence-corrected chi connectivity index (χ3v) is 2.59. The minimum Gasteiger partial charge on any atom is -0.390 e. The topological polar surface area (TPSA) is 40.5 Å². The Morgan fingerprint density at radius 3 is 2.35 bits per heavy atom. The minimum atomic E-state index is -2.91. The van der Waals surface area contributed by atoms with E-state index in [0.717, 1.165) is 18.2 Å². The second-order valence-corrected chi connectivity index (χ2v) is 3.95. The lowest BCUT2D eigenvalue weighted by Crippen LogP contribution is -2.18. The Morgan fingerprint density at radius 1 is 1.24 bits per heavy atom. The molecule has 0 heterocycles. The van der Waals surface area contributed by atoms with E-state index in [1.54, 1.807) is 0 Å². The van der Waals surface area contributed by atoms with Crippen LogP contribution < -0.4 is 0 Å². The maximum absolute atomic E-state index is 13.2. The zero-order valence-electron chi connectivity index (χ0n) is 8.78. The zero-order chi connectivity index (χ0) is 13.0. The molecule has 17 heavy (non-hydrogen) atoms. The van der Waals surface area contributed by atoms with E-state index in [-0.39, 0.29) is 17.9 Å². The largest absolute Gasteiger partial charge is 0.390 e. The predicted octanol–water partition coefficient (Wildman–Crippen LogP) is 2.79. The molecule has 0 aliphatic heterocycles. The Hall–Kier alpha value is -0.780. The van der Waals surface area contributed by atoms with Crippen molar-refractivity contribution in [1.29, 1.82) is 0 Å². The summed E-state index contributed by atoms with van der Waals surface area (Å²) >= 11 is 5.38. The van der Waals surface area contributed by atoms with Crippen LogP contribution in [-0.4, -0.2) is 22.2 Å². The van der Waals surface area contributed by atoms with Crippen LogP contribution in [0.3, 0.4) is 0 Å². The highest BCUT2D eigenvalue weighted by Crippen LogP contribution is 2.26. The Morgan fingerprint density at radius 2 is 1.88 bits per heavy atom. The maximum Gasteiger partial charge on any atom is 0.266 e. The number of aliphatic hydroxyl groups excluding tert-OH is 2. The summed E-state index contributed by atoms with van der Waals surface area (Å²) in [6.07, 6.45) is -5.27. The van der Waals surface area contributed by atoms with Crippen molar-refractivity contribution < 1.29 is 23.4 Å². The molecule has 2 nitrogen and oxygen atoms in total. The molecule has 1 rings (SSSR count). The predicted molar refractivity (Wildman–Crippen MR) is 57.7 cm³/mol. The van der Waals surface area contributed by atoms with E-state index in [9.17, 15) is 23.4 Å². The van der Waals surface area contributed by atoms with Crippen molar-refractivity contribution in [2.45, 2.75) is 25.1 Å². The van der Waals surface area contributed by atoms with E-state index in [0.29, 0.717) is 0 Å². The first-order chi connectivity index (χ1) is 7.97. The number of alkyl halides is 3. The van der Waals surface area contributed by atoms with Gasteiger partial charge in [0, 0.05) is 5.88 Å². The molecule has 0 bridgehead atoms. The molecule has 0 amide bonds. The number of halogens is 4. The Labute approximate surface area is 102 Å². The van der Waals surface area contributed by atoms with E-state index in [1.165, 1.54) is 0 Å². The van der Waals surface area contributed by atoms with E-state index >= 15 is 0 Å². The molecule has 2 unspecified atom stereocenters. The Kier molecular flexibility index (Phi) is 5.24. The van der Waals surface area contributed by atoms with Crippen LogP contribution in [0, 0.1) is 5.82 Å². The fraction of sp³-hybridized carbons (Fsp3) is 0.455. The van der Waals surface area contributed by atoms with Gasteiger partial charge in [0.2, 0.25) is 0 Å². The van der Waals surface area contributed by atoms with Crippen LogP contribution in [0.5, 0.6) is 0 Å². The maximum atomic E-state index is 13.2. The second kappa shape index (κ2) is 6.23. The van der Waals surface area contributed by atoms with E-state index < -0.39 is 30.0 Å². The lowest BCUT2D eigenvalue weighted by Gasteiger charge is -2.17. The van der Waals surface area contributed by atoms with Gasteiger partial charge in [-0.05, 0) is 18.1 Å². The first-order valence-electron chi connectivity index (χ1n) is 4.97. The van der Waals surface area contributed by atoms with Gasteiger partial charge in [-0.3, -0.25) is 0 Å². The van der Waals surface area contributed by atoms with Crippen molar-refractivity contribution in [3.05, 3.63) is 35.1 Å². The molecule has 96 valence electrons. The van der Waals surface area contributed by atoms with Crippen LogP contribution in [0.1, 0.15) is 30.1 Å². The fourth-order valence-electron chi connectivity index (χ4n) is 1.40. The average Bonchev–Trinajstić information content (AvgIpc) is 2.27. The fourth-order valence-corrected chi connectivity index (χ4v) is 1.62. The third-order valence-electron chi connectivity index (χ3n) is 2.37. The highest BCUT2D eigenvalue weighted by molar-refractivity contribution is 6.17. The molecule has 6 heteroatoms. The SMILES string of the molecule is OC(CCCl)C(O)c1ccc(C(F)F)c(F)c1. The number of benzene rings is 1. The molecule has 0 aliphatic carbocycles. The van der Waals surface area contributed by atoms with Crippen molar-refractivity contribution in [2.24, 2.45) is 0 Å². The van der Waals surface area contributed by atoms with E-state index in [2.05, 4.69) is 0 Å². The zero-order valence-corrected chi connectivity index (χ0v) is 9.54. The molecular weight excluding hydrogens is 257 g/mol. The summed E-state index contributed by atoms with van der Waals surface area (Å²) in [6.45, 7) is 0. The third kappa shape index (κ3) is 3.59. The number of aliphatic hydroxyl groups is 2. The van der Waals surface area contributed by atoms with Gasteiger partial charge in [0.15, 0.2) is 0 Å². The molecule has 0 fully saturated rings. The van der Waals surface area contributed by atoms with Gasteiger partial charge < -0.3 is 10.2 Å². The summed E-state index contributed by atoms with van der Waals surface area (Å²) in [5, 5.41) is 19.0. The standard InChI is InChI=1S/C11H12ClF3O2/c12-4-3-9(16)10(17)6-1-2-7(11(14)15)8(13)5-6/h1-2,5,9-11,16-17H,3-4H2. The molecule has 0 radical (unpaired) electrons. The van der Waals surface area contributed by atoms with Crippen LogP contribution >= 0.6 is 11.6 Å². The first-order valence-corrected chi connectivity index (χ1v) is 5.50. The molecule has 2 N–H and O–H groups in total. The number of hydrogen-bond donors (Lipinski definition) is 2.